The minimum atomic E-state index is -0.979. The van der Waals surface area contributed by atoms with Crippen LogP contribution in [0.15, 0.2) is 54.6 Å². The summed E-state index contributed by atoms with van der Waals surface area (Å²) in [6.07, 6.45) is 6.72. The summed E-state index contributed by atoms with van der Waals surface area (Å²) in [4.78, 5) is 12.0. The van der Waals surface area contributed by atoms with Gasteiger partial charge in [0.25, 0.3) is 0 Å². The van der Waals surface area contributed by atoms with Gasteiger partial charge in [0.15, 0.2) is 10.1 Å². The predicted molar refractivity (Wildman–Crippen MR) is 67.0 cm³/mol. The number of hydrogen-bond donors (Lipinski definition) is 0. The molecule has 3 heteroatoms. The van der Waals surface area contributed by atoms with Crippen molar-refractivity contribution in [2.45, 2.75) is 4.33 Å². The highest BCUT2D eigenvalue weighted by atomic mass is 35.5. The number of rotatable bonds is 2. The standard InChI is InChI=1S/C13H10Cl2O/c14-13(15)8-6-11(7-9-13)12(16)10-4-2-1-3-5-10/h1-9,11H. The van der Waals surface area contributed by atoms with Crippen LogP contribution in [-0.2, 0) is 0 Å². The van der Waals surface area contributed by atoms with Gasteiger partial charge in [-0.05, 0) is 12.2 Å². The zero-order valence-electron chi connectivity index (χ0n) is 8.44. The highest BCUT2D eigenvalue weighted by Gasteiger charge is 2.24. The van der Waals surface area contributed by atoms with Crippen LogP contribution >= 0.6 is 23.2 Å². The number of halogens is 2. The molecule has 1 aromatic rings. The molecule has 0 N–H and O–H groups in total. The van der Waals surface area contributed by atoms with E-state index in [9.17, 15) is 4.79 Å². The lowest BCUT2D eigenvalue weighted by Gasteiger charge is -2.17. The van der Waals surface area contributed by atoms with E-state index in [1.165, 1.54) is 0 Å². The Morgan fingerprint density at radius 1 is 1.06 bits per heavy atom. The second-order valence-electron chi connectivity index (χ2n) is 3.65. The summed E-state index contributed by atoms with van der Waals surface area (Å²) in [5.74, 6) is -0.218. The zero-order chi connectivity index (χ0) is 11.6. The van der Waals surface area contributed by atoms with Gasteiger partial charge in [-0.2, -0.15) is 0 Å². The number of carbonyl (C=O) groups is 1. The minimum absolute atomic E-state index is 0.0527. The first kappa shape index (κ1) is 11.4. The molecule has 0 radical (unpaired) electrons. The first-order chi connectivity index (χ1) is 7.58. The molecule has 0 aliphatic heterocycles. The largest absolute Gasteiger partial charge is 0.293 e. The fourth-order valence-corrected chi connectivity index (χ4v) is 1.84. The van der Waals surface area contributed by atoms with Crippen molar-refractivity contribution >= 4 is 29.0 Å². The molecule has 0 bridgehead atoms. The Hall–Kier alpha value is -1.05. The molecule has 0 heterocycles. The van der Waals surface area contributed by atoms with Crippen molar-refractivity contribution in [2.24, 2.45) is 5.92 Å². The number of allylic oxidation sites excluding steroid dienone is 4. The summed E-state index contributed by atoms with van der Waals surface area (Å²) in [7, 11) is 0. The van der Waals surface area contributed by atoms with Crippen LogP contribution in [0.5, 0.6) is 0 Å². The number of ketones is 1. The summed E-state index contributed by atoms with van der Waals surface area (Å²) in [5.41, 5.74) is 0.693. The number of carbonyl (C=O) groups excluding carboxylic acids is 1. The summed E-state index contributed by atoms with van der Waals surface area (Å²) in [5, 5.41) is 0. The number of Topliss-reactive ketones (excluding diaryl/α,β-unsaturated/α-hetero) is 1. The van der Waals surface area contributed by atoms with Gasteiger partial charge in [0.2, 0.25) is 0 Å². The van der Waals surface area contributed by atoms with E-state index in [4.69, 9.17) is 23.2 Å². The molecule has 0 unspecified atom stereocenters. The number of alkyl halides is 2. The van der Waals surface area contributed by atoms with Crippen LogP contribution in [0, 0.1) is 5.92 Å². The van der Waals surface area contributed by atoms with Crippen molar-refractivity contribution in [1.29, 1.82) is 0 Å². The van der Waals surface area contributed by atoms with Gasteiger partial charge < -0.3 is 0 Å². The van der Waals surface area contributed by atoms with Crippen molar-refractivity contribution < 1.29 is 4.79 Å². The first-order valence-corrected chi connectivity index (χ1v) is 5.70. The van der Waals surface area contributed by atoms with Crippen molar-refractivity contribution in [3.63, 3.8) is 0 Å². The lowest BCUT2D eigenvalue weighted by atomic mass is 9.94. The molecule has 0 saturated heterocycles. The average Bonchev–Trinajstić information content (AvgIpc) is 2.29. The molecular formula is C13H10Cl2O. The Labute approximate surface area is 104 Å². The van der Waals surface area contributed by atoms with Gasteiger partial charge >= 0.3 is 0 Å². The molecule has 1 nitrogen and oxygen atoms in total. The average molecular weight is 253 g/mol. The van der Waals surface area contributed by atoms with Crippen LogP contribution < -0.4 is 0 Å². The van der Waals surface area contributed by atoms with Gasteiger partial charge in [0.1, 0.15) is 0 Å². The van der Waals surface area contributed by atoms with E-state index in [-0.39, 0.29) is 11.7 Å². The minimum Gasteiger partial charge on any atom is -0.293 e. The predicted octanol–water partition coefficient (Wildman–Crippen LogP) is 3.79. The third kappa shape index (κ3) is 2.55. The van der Waals surface area contributed by atoms with Crippen molar-refractivity contribution in [3.05, 3.63) is 60.2 Å². The molecule has 1 aliphatic carbocycles. The topological polar surface area (TPSA) is 17.1 Å². The number of hydrogen-bond acceptors (Lipinski definition) is 1. The van der Waals surface area contributed by atoms with Gasteiger partial charge in [-0.3, -0.25) is 4.79 Å². The first-order valence-electron chi connectivity index (χ1n) is 4.94. The molecule has 0 fully saturated rings. The monoisotopic (exact) mass is 252 g/mol. The van der Waals surface area contributed by atoms with E-state index in [0.717, 1.165) is 0 Å². The SMILES string of the molecule is O=C(c1ccccc1)C1C=CC(Cl)(Cl)C=C1. The van der Waals surface area contributed by atoms with Crippen LogP contribution in [0.3, 0.4) is 0 Å². The van der Waals surface area contributed by atoms with Gasteiger partial charge in [0.05, 0.1) is 5.92 Å². The summed E-state index contributed by atoms with van der Waals surface area (Å²) < 4.78 is -0.979. The number of benzene rings is 1. The molecule has 82 valence electrons. The fraction of sp³-hybridized carbons (Fsp3) is 0.154. The Morgan fingerprint density at radius 2 is 1.62 bits per heavy atom. The Balaban J connectivity index is 2.18. The molecule has 0 atom stereocenters. The van der Waals surface area contributed by atoms with Gasteiger partial charge in [-0.25, -0.2) is 0 Å². The Morgan fingerprint density at radius 3 is 2.19 bits per heavy atom. The normalized spacial score (nSPS) is 18.6. The summed E-state index contributed by atoms with van der Waals surface area (Å²) in [6.45, 7) is 0. The van der Waals surface area contributed by atoms with Gasteiger partial charge in [0, 0.05) is 5.56 Å². The molecule has 2 rings (SSSR count). The highest BCUT2D eigenvalue weighted by molar-refractivity contribution is 6.51. The third-order valence-corrected chi connectivity index (χ3v) is 2.92. The van der Waals surface area contributed by atoms with Crippen LogP contribution in [0.2, 0.25) is 0 Å². The van der Waals surface area contributed by atoms with Crippen molar-refractivity contribution in [2.75, 3.05) is 0 Å². The molecular weight excluding hydrogens is 243 g/mol. The molecule has 0 spiro atoms. The van der Waals surface area contributed by atoms with E-state index in [2.05, 4.69) is 0 Å². The highest BCUT2D eigenvalue weighted by Crippen LogP contribution is 2.30. The lowest BCUT2D eigenvalue weighted by Crippen LogP contribution is -2.17. The maximum atomic E-state index is 12.0. The molecule has 16 heavy (non-hydrogen) atoms. The zero-order valence-corrected chi connectivity index (χ0v) is 9.95. The van der Waals surface area contributed by atoms with E-state index in [1.807, 2.05) is 18.2 Å². The molecule has 0 aromatic heterocycles. The fourth-order valence-electron chi connectivity index (χ4n) is 1.55. The van der Waals surface area contributed by atoms with Crippen LogP contribution in [0.4, 0.5) is 0 Å². The second-order valence-corrected chi connectivity index (χ2v) is 5.09. The molecule has 1 aliphatic rings. The van der Waals surface area contributed by atoms with E-state index in [0.29, 0.717) is 5.56 Å². The van der Waals surface area contributed by atoms with Crippen LogP contribution in [0.1, 0.15) is 10.4 Å². The second kappa shape index (κ2) is 4.44. The maximum absolute atomic E-state index is 12.0. The summed E-state index contributed by atoms with van der Waals surface area (Å²) in [6, 6.07) is 9.17. The smallest absolute Gasteiger partial charge is 0.173 e. The molecule has 0 amide bonds. The Bertz CT molecular complexity index is 430. The van der Waals surface area contributed by atoms with E-state index >= 15 is 0 Å². The van der Waals surface area contributed by atoms with Gasteiger partial charge in [-0.15, -0.1) is 0 Å². The van der Waals surface area contributed by atoms with E-state index < -0.39 is 4.33 Å². The van der Waals surface area contributed by atoms with Crippen molar-refractivity contribution in [1.82, 2.24) is 0 Å². The van der Waals surface area contributed by atoms with Crippen molar-refractivity contribution in [3.8, 4) is 0 Å². The maximum Gasteiger partial charge on any atom is 0.173 e. The van der Waals surface area contributed by atoms with Crippen LogP contribution in [-0.4, -0.2) is 10.1 Å². The molecule has 0 saturated carbocycles. The molecule has 1 aromatic carbocycles. The van der Waals surface area contributed by atoms with Crippen LogP contribution in [0.25, 0.3) is 0 Å². The Kier molecular flexibility index (Phi) is 3.17. The quantitative estimate of drug-likeness (QED) is 0.445. The van der Waals surface area contributed by atoms with Gasteiger partial charge in [-0.1, -0.05) is 65.7 Å². The summed E-state index contributed by atoms with van der Waals surface area (Å²) >= 11 is 11.7. The lowest BCUT2D eigenvalue weighted by molar-refractivity contribution is 0.0964. The van der Waals surface area contributed by atoms with E-state index in [1.54, 1.807) is 36.4 Å². The third-order valence-electron chi connectivity index (χ3n) is 2.41.